The summed E-state index contributed by atoms with van der Waals surface area (Å²) in [5.74, 6) is 2.01. The number of fused-ring (bicyclic) bond motifs is 1. The highest BCUT2D eigenvalue weighted by molar-refractivity contribution is 5.89. The van der Waals surface area contributed by atoms with Crippen LogP contribution in [-0.4, -0.2) is 42.8 Å². The number of hydrogen-bond acceptors (Lipinski definition) is 7. The normalized spacial score (nSPS) is 14.2. The number of nitrogens with zero attached hydrogens (tertiary/aromatic N) is 5. The molecule has 1 aliphatic carbocycles. The number of ether oxygens (including phenoxy) is 1. The van der Waals surface area contributed by atoms with Crippen LogP contribution in [0.2, 0.25) is 0 Å². The third-order valence-electron chi connectivity index (χ3n) is 7.74. The first-order valence-electron chi connectivity index (χ1n) is 14.8. The molecule has 0 radical (unpaired) electrons. The molecule has 9 heteroatoms. The Hall–Kier alpha value is -4.79. The van der Waals surface area contributed by atoms with Crippen LogP contribution in [0.1, 0.15) is 57.0 Å². The monoisotopic (exact) mass is 575 g/mol. The van der Waals surface area contributed by atoms with E-state index >= 15 is 0 Å². The lowest BCUT2D eigenvalue weighted by atomic mass is 9.71. The maximum absolute atomic E-state index is 12.7. The molecule has 1 saturated carbocycles. The zero-order valence-corrected chi connectivity index (χ0v) is 25.1. The van der Waals surface area contributed by atoms with Crippen molar-refractivity contribution in [2.75, 3.05) is 11.9 Å². The number of pyridine rings is 1. The molecule has 0 spiro atoms. The Balaban J connectivity index is 1.39. The molecule has 1 aliphatic rings. The largest absolute Gasteiger partial charge is 0.444 e. The molecular weight excluding hydrogens is 538 g/mol. The van der Waals surface area contributed by atoms with E-state index in [9.17, 15) is 4.79 Å². The number of rotatable bonds is 8. The van der Waals surface area contributed by atoms with Crippen molar-refractivity contribution >= 4 is 17.7 Å². The maximum Gasteiger partial charge on any atom is 0.408 e. The van der Waals surface area contributed by atoms with Gasteiger partial charge in [0.15, 0.2) is 0 Å². The van der Waals surface area contributed by atoms with Gasteiger partial charge < -0.3 is 15.4 Å². The van der Waals surface area contributed by atoms with Crippen LogP contribution in [-0.2, 0) is 16.7 Å². The standard InChI is InChI=1S/C34H37N7O2/c1-23-37-31-38-29(26-13-15-27(16-14-26)34(18-9-19-34)39-32(42)43-33(2,3)4)28(25-11-6-5-7-12-25)30(41(31)40-23)36-21-17-24-10-8-20-35-22-24/h5-8,10-16,20,22,36H,9,17-19,21H2,1-4H3,(H,39,42). The second-order valence-corrected chi connectivity index (χ2v) is 12.1. The van der Waals surface area contributed by atoms with Crippen LogP contribution in [0.25, 0.3) is 28.2 Å². The number of carbonyl (C=O) groups is 1. The lowest BCUT2D eigenvalue weighted by Gasteiger charge is -2.43. The van der Waals surface area contributed by atoms with Crippen LogP contribution in [0.4, 0.5) is 10.6 Å². The van der Waals surface area contributed by atoms with E-state index in [0.717, 1.165) is 65.0 Å². The summed E-state index contributed by atoms with van der Waals surface area (Å²) in [6, 6.07) is 22.6. The van der Waals surface area contributed by atoms with E-state index in [-0.39, 0.29) is 6.09 Å². The molecular formula is C34H37N7O2. The van der Waals surface area contributed by atoms with Crippen molar-refractivity contribution in [3.8, 4) is 22.4 Å². The van der Waals surface area contributed by atoms with Crippen LogP contribution in [0.15, 0.2) is 79.1 Å². The molecule has 6 rings (SSSR count). The zero-order valence-electron chi connectivity index (χ0n) is 25.1. The average Bonchev–Trinajstić information content (AvgIpc) is 3.35. The van der Waals surface area contributed by atoms with Gasteiger partial charge in [-0.25, -0.2) is 9.78 Å². The predicted molar refractivity (Wildman–Crippen MR) is 168 cm³/mol. The lowest BCUT2D eigenvalue weighted by molar-refractivity contribution is 0.0377. The number of benzene rings is 2. The number of alkyl carbamates (subject to hydrolysis) is 1. The number of aromatic nitrogens is 5. The summed E-state index contributed by atoms with van der Waals surface area (Å²) in [7, 11) is 0. The maximum atomic E-state index is 12.7. The highest BCUT2D eigenvalue weighted by Gasteiger charge is 2.41. The minimum Gasteiger partial charge on any atom is -0.444 e. The van der Waals surface area contributed by atoms with Gasteiger partial charge in [0.1, 0.15) is 17.2 Å². The summed E-state index contributed by atoms with van der Waals surface area (Å²) in [4.78, 5) is 26.6. The van der Waals surface area contributed by atoms with Crippen molar-refractivity contribution in [3.63, 3.8) is 0 Å². The highest BCUT2D eigenvalue weighted by atomic mass is 16.6. The number of anilines is 1. The Bertz CT molecular complexity index is 1720. The molecule has 43 heavy (non-hydrogen) atoms. The van der Waals surface area contributed by atoms with Gasteiger partial charge in [-0.1, -0.05) is 60.7 Å². The molecule has 5 aromatic rings. The fourth-order valence-corrected chi connectivity index (χ4v) is 5.58. The quantitative estimate of drug-likeness (QED) is 0.212. The Labute approximate surface area is 251 Å². The molecule has 220 valence electrons. The van der Waals surface area contributed by atoms with E-state index in [0.29, 0.717) is 18.1 Å². The molecule has 0 bridgehead atoms. The molecule has 3 aromatic heterocycles. The van der Waals surface area contributed by atoms with Gasteiger partial charge in [0, 0.05) is 24.5 Å². The van der Waals surface area contributed by atoms with Crippen LogP contribution in [0, 0.1) is 6.92 Å². The average molecular weight is 576 g/mol. The third kappa shape index (κ3) is 6.07. The van der Waals surface area contributed by atoms with Crippen LogP contribution in [0.5, 0.6) is 0 Å². The van der Waals surface area contributed by atoms with Crippen LogP contribution in [0.3, 0.4) is 0 Å². The molecule has 0 unspecified atom stereocenters. The van der Waals surface area contributed by atoms with Gasteiger partial charge in [0.05, 0.1) is 16.8 Å². The van der Waals surface area contributed by atoms with Gasteiger partial charge >= 0.3 is 6.09 Å². The van der Waals surface area contributed by atoms with E-state index in [4.69, 9.17) is 14.8 Å². The number of nitrogens with one attached hydrogen (secondary N) is 2. The van der Waals surface area contributed by atoms with E-state index in [1.807, 2.05) is 58.2 Å². The number of carbonyl (C=O) groups excluding carboxylic acids is 1. The minimum atomic E-state index is -0.555. The van der Waals surface area contributed by atoms with Crippen molar-refractivity contribution in [2.45, 2.75) is 64.5 Å². The fraction of sp³-hybridized carbons (Fsp3) is 0.324. The number of hydrogen-bond donors (Lipinski definition) is 2. The van der Waals surface area contributed by atoms with Crippen molar-refractivity contribution < 1.29 is 9.53 Å². The van der Waals surface area contributed by atoms with Crippen LogP contribution >= 0.6 is 0 Å². The van der Waals surface area contributed by atoms with E-state index in [1.54, 1.807) is 10.7 Å². The molecule has 0 atom stereocenters. The van der Waals surface area contributed by atoms with Gasteiger partial charge in [-0.15, -0.1) is 5.10 Å². The number of aryl methyl sites for hydroxylation is 1. The Morgan fingerprint density at radius 1 is 0.977 bits per heavy atom. The number of amides is 1. The summed E-state index contributed by atoms with van der Waals surface area (Å²) >= 11 is 0. The van der Waals surface area contributed by atoms with E-state index in [2.05, 4.69) is 63.1 Å². The van der Waals surface area contributed by atoms with Crippen molar-refractivity contribution in [1.82, 2.24) is 29.9 Å². The van der Waals surface area contributed by atoms with E-state index in [1.165, 1.54) is 0 Å². The van der Waals surface area contributed by atoms with Gasteiger partial charge in [-0.3, -0.25) is 4.98 Å². The first kappa shape index (κ1) is 28.3. The summed E-state index contributed by atoms with van der Waals surface area (Å²) in [6.45, 7) is 8.19. The van der Waals surface area contributed by atoms with Crippen LogP contribution < -0.4 is 10.6 Å². The smallest absolute Gasteiger partial charge is 0.408 e. The molecule has 0 saturated heterocycles. The van der Waals surface area contributed by atoms with Crippen molar-refractivity contribution in [1.29, 1.82) is 0 Å². The molecule has 1 amide bonds. The molecule has 2 N–H and O–H groups in total. The first-order chi connectivity index (χ1) is 20.7. The molecule has 2 aromatic carbocycles. The predicted octanol–water partition coefficient (Wildman–Crippen LogP) is 6.72. The van der Waals surface area contributed by atoms with Gasteiger partial charge in [0.2, 0.25) is 0 Å². The Morgan fingerprint density at radius 2 is 1.74 bits per heavy atom. The Kier molecular flexibility index (Phi) is 7.56. The second kappa shape index (κ2) is 11.5. The summed E-state index contributed by atoms with van der Waals surface area (Å²) in [5.41, 5.74) is 4.96. The van der Waals surface area contributed by atoms with Gasteiger partial charge in [-0.05, 0) is 76.1 Å². The minimum absolute atomic E-state index is 0.390. The summed E-state index contributed by atoms with van der Waals surface area (Å²) < 4.78 is 7.38. The highest BCUT2D eigenvalue weighted by Crippen LogP contribution is 2.43. The Morgan fingerprint density at radius 3 is 2.40 bits per heavy atom. The lowest BCUT2D eigenvalue weighted by Crippen LogP contribution is -2.52. The molecule has 1 fully saturated rings. The zero-order chi connectivity index (χ0) is 30.0. The fourth-order valence-electron chi connectivity index (χ4n) is 5.58. The first-order valence-corrected chi connectivity index (χ1v) is 14.8. The second-order valence-electron chi connectivity index (χ2n) is 12.1. The molecule has 9 nitrogen and oxygen atoms in total. The topological polar surface area (TPSA) is 106 Å². The van der Waals surface area contributed by atoms with Crippen molar-refractivity contribution in [2.24, 2.45) is 0 Å². The SMILES string of the molecule is Cc1nc2nc(-c3ccc(C4(NC(=O)OC(C)(C)C)CCC4)cc3)c(-c3ccccc3)c(NCCc3cccnc3)n2n1. The summed E-state index contributed by atoms with van der Waals surface area (Å²) in [5, 5.41) is 11.5. The third-order valence-corrected chi connectivity index (χ3v) is 7.74. The molecule has 3 heterocycles. The van der Waals surface area contributed by atoms with Gasteiger partial charge in [-0.2, -0.15) is 9.50 Å². The summed E-state index contributed by atoms with van der Waals surface area (Å²) in [6.07, 6.45) is 6.88. The van der Waals surface area contributed by atoms with Crippen molar-refractivity contribution in [3.05, 3.63) is 96.1 Å². The van der Waals surface area contributed by atoms with E-state index < -0.39 is 11.1 Å². The molecule has 0 aliphatic heterocycles. The van der Waals surface area contributed by atoms with Gasteiger partial charge in [0.25, 0.3) is 5.78 Å².